The van der Waals surface area contributed by atoms with Gasteiger partial charge in [0.1, 0.15) is 0 Å². The third-order valence-corrected chi connectivity index (χ3v) is 3.11. The summed E-state index contributed by atoms with van der Waals surface area (Å²) >= 11 is 0. The average Bonchev–Trinajstić information content (AvgIpc) is 2.44. The molecule has 0 aliphatic carbocycles. The van der Waals surface area contributed by atoms with Gasteiger partial charge < -0.3 is 10.6 Å². The minimum atomic E-state index is 0.0814. The van der Waals surface area contributed by atoms with Crippen LogP contribution in [0.2, 0.25) is 0 Å². The number of hydrogen-bond donors (Lipinski definition) is 2. The van der Waals surface area contributed by atoms with E-state index in [0.29, 0.717) is 12.6 Å². The van der Waals surface area contributed by atoms with E-state index < -0.39 is 0 Å². The van der Waals surface area contributed by atoms with E-state index in [0.717, 1.165) is 19.5 Å². The van der Waals surface area contributed by atoms with Crippen LogP contribution in [0.3, 0.4) is 0 Å². The van der Waals surface area contributed by atoms with Crippen molar-refractivity contribution in [3.8, 4) is 11.8 Å². The van der Waals surface area contributed by atoms with Crippen molar-refractivity contribution in [2.24, 2.45) is 5.73 Å². The van der Waals surface area contributed by atoms with Gasteiger partial charge in [-0.1, -0.05) is 5.92 Å². The number of nitrogens with zero attached hydrogens (tertiary/aromatic N) is 1. The molecule has 0 radical (unpaired) electrons. The zero-order chi connectivity index (χ0) is 10.6. The molecule has 3 nitrogen and oxygen atoms in total. The Morgan fingerprint density at radius 2 is 2.36 bits per heavy atom. The molecule has 1 fully saturated rings. The van der Waals surface area contributed by atoms with Crippen molar-refractivity contribution < 1.29 is 0 Å². The quantitative estimate of drug-likeness (QED) is 0.624. The lowest BCUT2D eigenvalue weighted by atomic mass is 9.96. The number of hydrogen-bond acceptors (Lipinski definition) is 3. The van der Waals surface area contributed by atoms with Crippen LogP contribution < -0.4 is 11.1 Å². The Morgan fingerprint density at radius 1 is 1.64 bits per heavy atom. The minimum absolute atomic E-state index is 0.0814. The second-order valence-electron chi connectivity index (χ2n) is 4.23. The Labute approximate surface area is 87.0 Å². The molecule has 0 aromatic heterocycles. The molecule has 3 heteroatoms. The van der Waals surface area contributed by atoms with E-state index >= 15 is 0 Å². The van der Waals surface area contributed by atoms with Crippen molar-refractivity contribution in [1.82, 2.24) is 10.2 Å². The van der Waals surface area contributed by atoms with Crippen LogP contribution in [0.5, 0.6) is 0 Å². The summed E-state index contributed by atoms with van der Waals surface area (Å²) in [4.78, 5) is 2.35. The van der Waals surface area contributed by atoms with Gasteiger partial charge in [-0.05, 0) is 27.3 Å². The van der Waals surface area contributed by atoms with E-state index in [-0.39, 0.29) is 5.54 Å². The average molecular weight is 195 g/mol. The molecule has 2 unspecified atom stereocenters. The molecule has 1 rings (SSSR count). The maximum absolute atomic E-state index is 5.84. The lowest BCUT2D eigenvalue weighted by molar-refractivity contribution is 0.305. The van der Waals surface area contributed by atoms with E-state index in [1.807, 2.05) is 6.92 Å². The minimum Gasteiger partial charge on any atom is -0.329 e. The Balaban J connectivity index is 2.54. The van der Waals surface area contributed by atoms with Gasteiger partial charge >= 0.3 is 0 Å². The van der Waals surface area contributed by atoms with Crippen molar-refractivity contribution in [3.63, 3.8) is 0 Å². The summed E-state index contributed by atoms with van der Waals surface area (Å²) < 4.78 is 0. The molecule has 2 atom stereocenters. The van der Waals surface area contributed by atoms with Crippen LogP contribution in [0.1, 0.15) is 20.3 Å². The number of nitrogens with two attached hydrogens (primary N) is 1. The van der Waals surface area contributed by atoms with Crippen molar-refractivity contribution >= 4 is 0 Å². The molecule has 0 aromatic rings. The molecular formula is C11H21N3. The predicted octanol–water partition coefficient (Wildman–Crippen LogP) is 0.0208. The first kappa shape index (κ1) is 11.5. The van der Waals surface area contributed by atoms with E-state index in [1.165, 1.54) is 0 Å². The molecule has 0 saturated carbocycles. The Morgan fingerprint density at radius 3 is 2.79 bits per heavy atom. The summed E-state index contributed by atoms with van der Waals surface area (Å²) in [7, 11) is 2.15. The smallest absolute Gasteiger partial charge is 0.0581 e. The molecule has 0 aromatic carbocycles. The second kappa shape index (κ2) is 4.79. The van der Waals surface area contributed by atoms with E-state index in [2.05, 4.69) is 36.0 Å². The standard InChI is InChI=1S/C11H21N3/c1-4-5-6-13-11(8-12)7-10(2)14(3)9-11/h10,13H,6-9,12H2,1-3H3. The lowest BCUT2D eigenvalue weighted by Crippen LogP contribution is -2.53. The number of likely N-dealkylation sites (tertiary alicyclic amines) is 1. The highest BCUT2D eigenvalue weighted by Gasteiger charge is 2.38. The van der Waals surface area contributed by atoms with E-state index in [4.69, 9.17) is 5.73 Å². The molecule has 80 valence electrons. The molecule has 1 heterocycles. The van der Waals surface area contributed by atoms with Gasteiger partial charge in [0.05, 0.1) is 6.54 Å². The molecule has 1 aliphatic rings. The van der Waals surface area contributed by atoms with E-state index in [1.54, 1.807) is 0 Å². The van der Waals surface area contributed by atoms with Gasteiger partial charge in [-0.3, -0.25) is 5.32 Å². The first-order valence-corrected chi connectivity index (χ1v) is 5.18. The fraction of sp³-hybridized carbons (Fsp3) is 0.818. The first-order valence-electron chi connectivity index (χ1n) is 5.18. The summed E-state index contributed by atoms with van der Waals surface area (Å²) in [6, 6.07) is 0.612. The maximum atomic E-state index is 5.84. The third-order valence-electron chi connectivity index (χ3n) is 3.11. The monoisotopic (exact) mass is 195 g/mol. The van der Waals surface area contributed by atoms with E-state index in [9.17, 15) is 0 Å². The zero-order valence-corrected chi connectivity index (χ0v) is 9.43. The van der Waals surface area contributed by atoms with Gasteiger partial charge in [0.15, 0.2) is 0 Å². The summed E-state index contributed by atoms with van der Waals surface area (Å²) in [5, 5.41) is 3.47. The molecule has 14 heavy (non-hydrogen) atoms. The Bertz CT molecular complexity index is 229. The lowest BCUT2D eigenvalue weighted by Gasteiger charge is -2.27. The Kier molecular flexibility index (Phi) is 3.94. The van der Waals surface area contributed by atoms with Crippen LogP contribution in [-0.2, 0) is 0 Å². The molecule has 1 saturated heterocycles. The fourth-order valence-electron chi connectivity index (χ4n) is 2.09. The van der Waals surface area contributed by atoms with Crippen molar-refractivity contribution in [1.29, 1.82) is 0 Å². The zero-order valence-electron chi connectivity index (χ0n) is 9.43. The van der Waals surface area contributed by atoms with Gasteiger partial charge in [-0.2, -0.15) is 0 Å². The summed E-state index contributed by atoms with van der Waals surface area (Å²) in [6.45, 7) is 6.56. The van der Waals surface area contributed by atoms with Crippen LogP contribution in [0.25, 0.3) is 0 Å². The van der Waals surface area contributed by atoms with Gasteiger partial charge in [0.2, 0.25) is 0 Å². The Hall–Kier alpha value is -0.560. The van der Waals surface area contributed by atoms with Gasteiger partial charge in [-0.15, -0.1) is 5.92 Å². The molecule has 1 aliphatic heterocycles. The topological polar surface area (TPSA) is 41.3 Å². The highest BCUT2D eigenvalue weighted by molar-refractivity contribution is 5.05. The molecule has 0 amide bonds. The van der Waals surface area contributed by atoms with Crippen molar-refractivity contribution in [3.05, 3.63) is 0 Å². The first-order chi connectivity index (χ1) is 6.63. The SMILES string of the molecule is CC#CCNC1(CN)CC(C)N(C)C1. The predicted molar refractivity (Wildman–Crippen MR) is 59.9 cm³/mol. The largest absolute Gasteiger partial charge is 0.329 e. The number of nitrogens with one attached hydrogen (secondary N) is 1. The van der Waals surface area contributed by atoms with Crippen LogP contribution in [0, 0.1) is 11.8 Å². The fourth-order valence-corrected chi connectivity index (χ4v) is 2.09. The molecule has 0 spiro atoms. The summed E-state index contributed by atoms with van der Waals surface area (Å²) in [5.41, 5.74) is 5.92. The van der Waals surface area contributed by atoms with Gasteiger partial charge in [0.25, 0.3) is 0 Å². The second-order valence-corrected chi connectivity index (χ2v) is 4.23. The summed E-state index contributed by atoms with van der Waals surface area (Å²) in [5.74, 6) is 5.92. The van der Waals surface area contributed by atoms with Crippen LogP contribution in [0.15, 0.2) is 0 Å². The van der Waals surface area contributed by atoms with Gasteiger partial charge in [-0.25, -0.2) is 0 Å². The third kappa shape index (κ3) is 2.48. The maximum Gasteiger partial charge on any atom is 0.0581 e. The normalized spacial score (nSPS) is 32.7. The van der Waals surface area contributed by atoms with Crippen molar-refractivity contribution in [2.45, 2.75) is 31.8 Å². The molecule has 0 bridgehead atoms. The van der Waals surface area contributed by atoms with Gasteiger partial charge in [0, 0.05) is 24.7 Å². The highest BCUT2D eigenvalue weighted by atomic mass is 15.2. The van der Waals surface area contributed by atoms with Crippen LogP contribution >= 0.6 is 0 Å². The highest BCUT2D eigenvalue weighted by Crippen LogP contribution is 2.24. The summed E-state index contributed by atoms with van der Waals surface area (Å²) in [6.07, 6.45) is 1.12. The van der Waals surface area contributed by atoms with Crippen molar-refractivity contribution in [2.75, 3.05) is 26.7 Å². The number of rotatable bonds is 3. The van der Waals surface area contributed by atoms with Crippen LogP contribution in [-0.4, -0.2) is 43.2 Å². The number of likely N-dealkylation sites (N-methyl/N-ethyl adjacent to an activating group) is 1. The molecule has 3 N–H and O–H groups in total. The van der Waals surface area contributed by atoms with Crippen LogP contribution in [0.4, 0.5) is 0 Å². The molecular weight excluding hydrogens is 174 g/mol.